The highest BCUT2D eigenvalue weighted by atomic mass is 19.3. The van der Waals surface area contributed by atoms with E-state index in [0.717, 1.165) is 4.68 Å². The van der Waals surface area contributed by atoms with Crippen LogP contribution in [0.3, 0.4) is 0 Å². The predicted octanol–water partition coefficient (Wildman–Crippen LogP) is 0.155. The van der Waals surface area contributed by atoms with Crippen LogP contribution in [0.4, 0.5) is 14.5 Å². The monoisotopic (exact) mass is 343 g/mol. The highest BCUT2D eigenvalue weighted by molar-refractivity contribution is 5.78. The van der Waals surface area contributed by atoms with Gasteiger partial charge in [0.1, 0.15) is 6.54 Å². The first-order valence-corrected chi connectivity index (χ1v) is 7.97. The molecular formula is C15H23F2N5O2. The molecule has 0 bridgehead atoms. The molecule has 0 aromatic carbocycles. The largest absolute Gasteiger partial charge is 0.368 e. The van der Waals surface area contributed by atoms with Gasteiger partial charge >= 0.3 is 0 Å². The number of halogens is 2. The molecule has 1 saturated heterocycles. The van der Waals surface area contributed by atoms with Crippen molar-refractivity contribution in [1.29, 1.82) is 0 Å². The lowest BCUT2D eigenvalue weighted by atomic mass is 10.2. The molecule has 2 heterocycles. The van der Waals surface area contributed by atoms with Crippen LogP contribution in [-0.4, -0.2) is 65.8 Å². The van der Waals surface area contributed by atoms with Crippen LogP contribution in [0.5, 0.6) is 0 Å². The third-order valence-corrected chi connectivity index (χ3v) is 3.72. The van der Waals surface area contributed by atoms with Gasteiger partial charge in [-0.3, -0.25) is 14.5 Å². The van der Waals surface area contributed by atoms with E-state index in [4.69, 9.17) is 0 Å². The molecule has 2 rings (SSSR count). The fourth-order valence-corrected chi connectivity index (χ4v) is 2.60. The van der Waals surface area contributed by atoms with E-state index in [1.165, 1.54) is 12.3 Å². The first kappa shape index (κ1) is 18.3. The number of piperazine rings is 1. The first-order chi connectivity index (χ1) is 11.3. The standard InChI is InChI=1S/C15H23F2N5O2/c1-11(2)19-14(23)10-20-3-5-21(6-4-20)12-7-15(24)22(18-8-12)9-13(16)17/h7-8,11,13H,3-6,9-10H2,1-2H3,(H,19,23). The number of nitrogens with zero attached hydrogens (tertiary/aromatic N) is 4. The molecule has 0 atom stereocenters. The molecule has 0 radical (unpaired) electrons. The van der Waals surface area contributed by atoms with Crippen molar-refractivity contribution in [2.75, 3.05) is 37.6 Å². The second-order valence-electron chi connectivity index (χ2n) is 6.11. The Balaban J connectivity index is 1.89. The van der Waals surface area contributed by atoms with Crippen molar-refractivity contribution in [3.63, 3.8) is 0 Å². The Morgan fingerprint density at radius 1 is 1.29 bits per heavy atom. The molecule has 1 amide bonds. The number of carbonyl (C=O) groups excluding carboxylic acids is 1. The van der Waals surface area contributed by atoms with Crippen molar-refractivity contribution >= 4 is 11.6 Å². The van der Waals surface area contributed by atoms with Gasteiger partial charge in [-0.2, -0.15) is 5.10 Å². The van der Waals surface area contributed by atoms with Crippen LogP contribution >= 0.6 is 0 Å². The van der Waals surface area contributed by atoms with Crippen LogP contribution in [0, 0.1) is 0 Å². The third kappa shape index (κ3) is 5.26. The average Bonchev–Trinajstić information content (AvgIpc) is 2.49. The average molecular weight is 343 g/mol. The van der Waals surface area contributed by atoms with E-state index >= 15 is 0 Å². The normalized spacial score (nSPS) is 16.0. The van der Waals surface area contributed by atoms with Gasteiger partial charge in [0.2, 0.25) is 5.91 Å². The maximum absolute atomic E-state index is 12.3. The minimum atomic E-state index is -2.61. The van der Waals surface area contributed by atoms with Gasteiger partial charge in [-0.1, -0.05) is 0 Å². The Kier molecular flexibility index (Phi) is 6.24. The van der Waals surface area contributed by atoms with Gasteiger partial charge in [0.25, 0.3) is 12.0 Å². The van der Waals surface area contributed by atoms with E-state index in [1.54, 1.807) is 0 Å². The minimum Gasteiger partial charge on any atom is -0.368 e. The number of carbonyl (C=O) groups is 1. The predicted molar refractivity (Wildman–Crippen MR) is 86.4 cm³/mol. The lowest BCUT2D eigenvalue weighted by molar-refractivity contribution is -0.122. The van der Waals surface area contributed by atoms with E-state index in [2.05, 4.69) is 10.4 Å². The van der Waals surface area contributed by atoms with E-state index in [1.807, 2.05) is 23.6 Å². The van der Waals surface area contributed by atoms with E-state index < -0.39 is 18.5 Å². The van der Waals surface area contributed by atoms with Gasteiger partial charge < -0.3 is 10.2 Å². The highest BCUT2D eigenvalue weighted by Gasteiger charge is 2.20. The molecule has 0 aliphatic carbocycles. The number of alkyl halides is 2. The molecule has 0 spiro atoms. The van der Waals surface area contributed by atoms with Crippen LogP contribution in [0.2, 0.25) is 0 Å². The quantitative estimate of drug-likeness (QED) is 0.797. The molecule has 134 valence electrons. The number of rotatable bonds is 6. The summed E-state index contributed by atoms with van der Waals surface area (Å²) in [6, 6.07) is 1.45. The summed E-state index contributed by atoms with van der Waals surface area (Å²) in [7, 11) is 0. The number of anilines is 1. The van der Waals surface area contributed by atoms with Crippen LogP contribution < -0.4 is 15.8 Å². The van der Waals surface area contributed by atoms with Crippen molar-refractivity contribution < 1.29 is 13.6 Å². The highest BCUT2D eigenvalue weighted by Crippen LogP contribution is 2.13. The topological polar surface area (TPSA) is 70.5 Å². The molecule has 0 unspecified atom stereocenters. The maximum Gasteiger partial charge on any atom is 0.269 e. The molecule has 1 aromatic heterocycles. The smallest absolute Gasteiger partial charge is 0.269 e. The van der Waals surface area contributed by atoms with Gasteiger partial charge in [-0.25, -0.2) is 13.5 Å². The van der Waals surface area contributed by atoms with Crippen LogP contribution in [0.1, 0.15) is 13.8 Å². The van der Waals surface area contributed by atoms with Gasteiger partial charge in [-0.15, -0.1) is 0 Å². The van der Waals surface area contributed by atoms with Crippen LogP contribution in [0.25, 0.3) is 0 Å². The fraction of sp³-hybridized carbons (Fsp3) is 0.667. The van der Waals surface area contributed by atoms with Crippen molar-refractivity contribution in [2.24, 2.45) is 0 Å². The van der Waals surface area contributed by atoms with Crippen molar-refractivity contribution in [2.45, 2.75) is 32.9 Å². The Bertz CT molecular complexity index is 612. The number of nitrogens with one attached hydrogen (secondary N) is 1. The van der Waals surface area contributed by atoms with E-state index in [-0.39, 0.29) is 11.9 Å². The molecule has 7 nitrogen and oxygen atoms in total. The lowest BCUT2D eigenvalue weighted by Gasteiger charge is -2.35. The molecule has 1 fully saturated rings. The maximum atomic E-state index is 12.3. The summed E-state index contributed by atoms with van der Waals surface area (Å²) in [5, 5.41) is 6.65. The van der Waals surface area contributed by atoms with Crippen molar-refractivity contribution in [1.82, 2.24) is 20.0 Å². The van der Waals surface area contributed by atoms with E-state index in [9.17, 15) is 18.4 Å². The number of amides is 1. The van der Waals surface area contributed by atoms with Gasteiger partial charge in [-0.05, 0) is 13.8 Å². The second kappa shape index (κ2) is 8.18. The molecule has 1 aliphatic heterocycles. The second-order valence-corrected chi connectivity index (χ2v) is 6.11. The zero-order valence-corrected chi connectivity index (χ0v) is 13.9. The SMILES string of the molecule is CC(C)NC(=O)CN1CCN(c2cnn(CC(F)F)c(=O)c2)CC1. The molecule has 1 N–H and O–H groups in total. The van der Waals surface area contributed by atoms with Crippen molar-refractivity contribution in [3.05, 3.63) is 22.6 Å². The number of hydrogen-bond donors (Lipinski definition) is 1. The zero-order valence-electron chi connectivity index (χ0n) is 13.9. The van der Waals surface area contributed by atoms with Gasteiger partial charge in [0.15, 0.2) is 0 Å². The van der Waals surface area contributed by atoms with Crippen LogP contribution in [0.15, 0.2) is 17.1 Å². The minimum absolute atomic E-state index is 0.00490. The summed E-state index contributed by atoms with van der Waals surface area (Å²) in [5.74, 6) is -0.00490. The Hall–Kier alpha value is -2.03. The third-order valence-electron chi connectivity index (χ3n) is 3.72. The lowest BCUT2D eigenvalue weighted by Crippen LogP contribution is -2.50. The summed E-state index contributed by atoms with van der Waals surface area (Å²) >= 11 is 0. The molecule has 0 saturated carbocycles. The fourth-order valence-electron chi connectivity index (χ4n) is 2.60. The summed E-state index contributed by atoms with van der Waals surface area (Å²) < 4.78 is 25.4. The Labute approximate surface area is 139 Å². The summed E-state index contributed by atoms with van der Waals surface area (Å²) in [6.45, 7) is 6.15. The summed E-state index contributed by atoms with van der Waals surface area (Å²) in [6.07, 6.45) is -1.17. The Morgan fingerprint density at radius 3 is 2.50 bits per heavy atom. The number of hydrogen-bond acceptors (Lipinski definition) is 5. The number of aromatic nitrogens is 2. The van der Waals surface area contributed by atoms with Gasteiger partial charge in [0, 0.05) is 38.3 Å². The van der Waals surface area contributed by atoms with Crippen LogP contribution in [-0.2, 0) is 11.3 Å². The van der Waals surface area contributed by atoms with Crippen molar-refractivity contribution in [3.8, 4) is 0 Å². The van der Waals surface area contributed by atoms with Gasteiger partial charge in [0.05, 0.1) is 18.4 Å². The molecule has 24 heavy (non-hydrogen) atoms. The molecule has 1 aliphatic rings. The summed E-state index contributed by atoms with van der Waals surface area (Å²) in [4.78, 5) is 27.6. The Morgan fingerprint density at radius 2 is 1.96 bits per heavy atom. The summed E-state index contributed by atoms with van der Waals surface area (Å²) in [5.41, 5.74) is 0.0864. The molecule has 9 heteroatoms. The first-order valence-electron chi connectivity index (χ1n) is 7.97. The van der Waals surface area contributed by atoms with E-state index in [0.29, 0.717) is 38.4 Å². The molecular weight excluding hydrogens is 320 g/mol. The molecule has 1 aromatic rings. The zero-order chi connectivity index (χ0) is 17.7.